The van der Waals surface area contributed by atoms with Gasteiger partial charge < -0.3 is 10.6 Å². The second-order valence-electron chi connectivity index (χ2n) is 3.34. The first kappa shape index (κ1) is 9.68. The van der Waals surface area contributed by atoms with Crippen LogP contribution in [0.5, 0.6) is 0 Å². The minimum Gasteiger partial charge on any atom is -0.312 e. The molecule has 6 nitrogen and oxygen atoms in total. The molecule has 0 unspecified atom stereocenters. The molecule has 6 heteroatoms. The standard InChI is InChI=1S/C9H11N5O/c10-3-1-8(15)12-9-6-5-11-4-2-7(6)13-14-9/h11H,1-2,4-5H2,(H2,12,13,14,15). The SMILES string of the molecule is N#CCC(=O)Nc1n[nH]c2c1CNCC2. The number of nitrogens with zero attached hydrogens (tertiary/aromatic N) is 2. The molecule has 1 aliphatic heterocycles. The fraction of sp³-hybridized carbons (Fsp3) is 0.444. The fourth-order valence-electron chi connectivity index (χ4n) is 1.58. The number of nitrogens with one attached hydrogen (secondary N) is 3. The molecule has 1 aromatic heterocycles. The highest BCUT2D eigenvalue weighted by Gasteiger charge is 2.17. The van der Waals surface area contributed by atoms with Gasteiger partial charge in [-0.2, -0.15) is 10.4 Å². The van der Waals surface area contributed by atoms with Gasteiger partial charge in [-0.1, -0.05) is 0 Å². The van der Waals surface area contributed by atoms with Gasteiger partial charge in [0.05, 0.1) is 6.07 Å². The highest BCUT2D eigenvalue weighted by atomic mass is 16.1. The van der Waals surface area contributed by atoms with Crippen LogP contribution in [0.2, 0.25) is 0 Å². The first-order valence-electron chi connectivity index (χ1n) is 4.75. The summed E-state index contributed by atoms with van der Waals surface area (Å²) < 4.78 is 0. The van der Waals surface area contributed by atoms with Crippen LogP contribution in [0.1, 0.15) is 17.7 Å². The molecule has 1 amide bonds. The Morgan fingerprint density at radius 2 is 2.53 bits per heavy atom. The van der Waals surface area contributed by atoms with Crippen molar-refractivity contribution in [2.45, 2.75) is 19.4 Å². The number of H-pyrrole nitrogens is 1. The number of carbonyl (C=O) groups is 1. The van der Waals surface area contributed by atoms with E-state index in [1.54, 1.807) is 6.07 Å². The van der Waals surface area contributed by atoms with Crippen molar-refractivity contribution in [2.75, 3.05) is 11.9 Å². The van der Waals surface area contributed by atoms with Gasteiger partial charge in [-0.3, -0.25) is 9.89 Å². The summed E-state index contributed by atoms with van der Waals surface area (Å²) in [7, 11) is 0. The van der Waals surface area contributed by atoms with Crippen molar-refractivity contribution in [3.05, 3.63) is 11.3 Å². The van der Waals surface area contributed by atoms with E-state index < -0.39 is 0 Å². The Bertz CT molecular complexity index is 417. The first-order chi connectivity index (χ1) is 7.31. The number of fused-ring (bicyclic) bond motifs is 1. The topological polar surface area (TPSA) is 93.6 Å². The lowest BCUT2D eigenvalue weighted by Crippen LogP contribution is -2.24. The smallest absolute Gasteiger partial charge is 0.239 e. The van der Waals surface area contributed by atoms with Crippen LogP contribution in [-0.4, -0.2) is 22.6 Å². The largest absolute Gasteiger partial charge is 0.312 e. The molecule has 0 saturated heterocycles. The predicted octanol–water partition coefficient (Wildman–Crippen LogP) is -0.0924. The molecular formula is C9H11N5O. The highest BCUT2D eigenvalue weighted by molar-refractivity contribution is 5.91. The number of aromatic amines is 1. The zero-order chi connectivity index (χ0) is 10.7. The lowest BCUT2D eigenvalue weighted by molar-refractivity contribution is -0.115. The van der Waals surface area contributed by atoms with E-state index in [2.05, 4.69) is 20.8 Å². The Labute approximate surface area is 86.7 Å². The van der Waals surface area contributed by atoms with E-state index in [1.165, 1.54) is 0 Å². The molecule has 2 rings (SSSR count). The third-order valence-corrected chi connectivity index (χ3v) is 2.30. The summed E-state index contributed by atoms with van der Waals surface area (Å²) in [5, 5.41) is 21.1. The average Bonchev–Trinajstić information content (AvgIpc) is 2.62. The lowest BCUT2D eigenvalue weighted by atomic mass is 10.1. The summed E-state index contributed by atoms with van der Waals surface area (Å²) in [5.74, 6) is 0.217. The molecular weight excluding hydrogens is 194 g/mol. The molecule has 0 saturated carbocycles. The summed E-state index contributed by atoms with van der Waals surface area (Å²) in [4.78, 5) is 11.2. The summed E-state index contributed by atoms with van der Waals surface area (Å²) in [6, 6.07) is 1.79. The summed E-state index contributed by atoms with van der Waals surface area (Å²) in [6.07, 6.45) is 0.742. The average molecular weight is 205 g/mol. The van der Waals surface area contributed by atoms with Gasteiger partial charge in [0.15, 0.2) is 5.82 Å². The van der Waals surface area contributed by atoms with Crippen LogP contribution in [-0.2, 0) is 17.8 Å². The van der Waals surface area contributed by atoms with Crippen LogP contribution in [0.15, 0.2) is 0 Å². The number of amides is 1. The molecule has 0 aromatic carbocycles. The Morgan fingerprint density at radius 3 is 3.33 bits per heavy atom. The van der Waals surface area contributed by atoms with Crippen LogP contribution in [0.3, 0.4) is 0 Å². The number of carbonyl (C=O) groups excluding carboxylic acids is 1. The van der Waals surface area contributed by atoms with Gasteiger partial charge in [0.1, 0.15) is 6.42 Å². The molecule has 2 heterocycles. The molecule has 0 spiro atoms. The van der Waals surface area contributed by atoms with E-state index in [0.29, 0.717) is 12.4 Å². The molecule has 0 radical (unpaired) electrons. The van der Waals surface area contributed by atoms with Crippen molar-refractivity contribution in [1.82, 2.24) is 15.5 Å². The molecule has 3 N–H and O–H groups in total. The number of hydrogen-bond acceptors (Lipinski definition) is 4. The predicted molar refractivity (Wildman–Crippen MR) is 52.9 cm³/mol. The Hall–Kier alpha value is -1.87. The maximum Gasteiger partial charge on any atom is 0.239 e. The van der Waals surface area contributed by atoms with Gasteiger partial charge in [0, 0.05) is 30.8 Å². The molecule has 0 fully saturated rings. The molecule has 1 aliphatic rings. The van der Waals surface area contributed by atoms with Crippen molar-refractivity contribution < 1.29 is 4.79 Å². The lowest BCUT2D eigenvalue weighted by Gasteiger charge is -2.12. The number of anilines is 1. The fourth-order valence-corrected chi connectivity index (χ4v) is 1.58. The maximum atomic E-state index is 11.2. The number of nitriles is 1. The molecule has 0 atom stereocenters. The molecule has 0 bridgehead atoms. The van der Waals surface area contributed by atoms with E-state index in [1.807, 2.05) is 0 Å². The van der Waals surface area contributed by atoms with Gasteiger partial charge >= 0.3 is 0 Å². The van der Waals surface area contributed by atoms with Crippen LogP contribution in [0, 0.1) is 11.3 Å². The minimum absolute atomic E-state index is 0.144. The zero-order valence-electron chi connectivity index (χ0n) is 8.13. The van der Waals surface area contributed by atoms with Crippen LogP contribution < -0.4 is 10.6 Å². The first-order valence-corrected chi connectivity index (χ1v) is 4.75. The third kappa shape index (κ3) is 1.97. The van der Waals surface area contributed by atoms with Gasteiger partial charge in [-0.25, -0.2) is 0 Å². The second-order valence-corrected chi connectivity index (χ2v) is 3.34. The van der Waals surface area contributed by atoms with Gasteiger partial charge in [0.2, 0.25) is 5.91 Å². The monoisotopic (exact) mass is 205 g/mol. The normalized spacial score (nSPS) is 14.1. The van der Waals surface area contributed by atoms with Crippen LogP contribution in [0.25, 0.3) is 0 Å². The Morgan fingerprint density at radius 1 is 1.67 bits per heavy atom. The van der Waals surface area contributed by atoms with E-state index in [0.717, 1.165) is 24.2 Å². The highest BCUT2D eigenvalue weighted by Crippen LogP contribution is 2.19. The van der Waals surface area contributed by atoms with Crippen molar-refractivity contribution in [3.8, 4) is 6.07 Å². The molecule has 1 aromatic rings. The van der Waals surface area contributed by atoms with Crippen molar-refractivity contribution in [2.24, 2.45) is 0 Å². The summed E-state index contributed by atoms with van der Waals surface area (Å²) >= 11 is 0. The van der Waals surface area contributed by atoms with Crippen LogP contribution in [0.4, 0.5) is 5.82 Å². The van der Waals surface area contributed by atoms with Crippen molar-refractivity contribution in [1.29, 1.82) is 5.26 Å². The number of rotatable bonds is 2. The minimum atomic E-state index is -0.322. The zero-order valence-corrected chi connectivity index (χ0v) is 8.13. The van der Waals surface area contributed by atoms with E-state index in [9.17, 15) is 4.79 Å². The van der Waals surface area contributed by atoms with Gasteiger partial charge in [0.25, 0.3) is 0 Å². The Kier molecular flexibility index (Phi) is 2.65. The maximum absolute atomic E-state index is 11.2. The quantitative estimate of drug-likeness (QED) is 0.628. The van der Waals surface area contributed by atoms with E-state index >= 15 is 0 Å². The molecule has 15 heavy (non-hydrogen) atoms. The van der Waals surface area contributed by atoms with Crippen molar-refractivity contribution >= 4 is 11.7 Å². The van der Waals surface area contributed by atoms with Crippen molar-refractivity contribution in [3.63, 3.8) is 0 Å². The summed E-state index contributed by atoms with van der Waals surface area (Å²) in [6.45, 7) is 1.62. The molecule has 0 aliphatic carbocycles. The van der Waals surface area contributed by atoms with Gasteiger partial charge in [-0.05, 0) is 0 Å². The molecule has 78 valence electrons. The number of aromatic nitrogens is 2. The summed E-state index contributed by atoms with van der Waals surface area (Å²) in [5.41, 5.74) is 2.05. The Balaban J connectivity index is 2.12. The van der Waals surface area contributed by atoms with E-state index in [4.69, 9.17) is 5.26 Å². The second kappa shape index (κ2) is 4.11. The van der Waals surface area contributed by atoms with Crippen LogP contribution >= 0.6 is 0 Å². The number of hydrogen-bond donors (Lipinski definition) is 3. The van der Waals surface area contributed by atoms with E-state index in [-0.39, 0.29) is 12.3 Å². The van der Waals surface area contributed by atoms with Gasteiger partial charge in [-0.15, -0.1) is 0 Å². The third-order valence-electron chi connectivity index (χ3n) is 2.30.